The van der Waals surface area contributed by atoms with Gasteiger partial charge in [0.25, 0.3) is 0 Å². The summed E-state index contributed by atoms with van der Waals surface area (Å²) in [6, 6.07) is 19.0. The number of rotatable bonds is 7. The van der Waals surface area contributed by atoms with Crippen LogP contribution in [-0.4, -0.2) is 18.5 Å². The number of ketones is 1. The summed E-state index contributed by atoms with van der Waals surface area (Å²) in [5.41, 5.74) is 3.34. The molecule has 0 atom stereocenters. The summed E-state index contributed by atoms with van der Waals surface area (Å²) in [7, 11) is 0. The topological polar surface area (TPSA) is 26.3 Å². The Morgan fingerprint density at radius 1 is 1.09 bits per heavy atom. The highest BCUT2D eigenvalue weighted by atomic mass is 16.5. The van der Waals surface area contributed by atoms with Crippen molar-refractivity contribution in [2.24, 2.45) is 0 Å². The van der Waals surface area contributed by atoms with Crippen molar-refractivity contribution in [3.05, 3.63) is 66.2 Å². The van der Waals surface area contributed by atoms with Crippen LogP contribution in [0.5, 0.6) is 0 Å². The molecule has 113 valence electrons. The van der Waals surface area contributed by atoms with Gasteiger partial charge in [-0.05, 0) is 42.7 Å². The number of ether oxygens (including phenoxy) is 1. The standard InChI is InChI=1S/C20H21O2/c1-16(2)22-15-14-20(21)13-10-17-8-11-19(12-9-17)18-6-4-3-5-7-18/h4-13,16H,14-15H2,1-2H3. The highest BCUT2D eigenvalue weighted by molar-refractivity contribution is 5.93. The molecular weight excluding hydrogens is 272 g/mol. The predicted octanol–water partition coefficient (Wildman–Crippen LogP) is 4.55. The Bertz CT molecular complexity index is 610. The highest BCUT2D eigenvalue weighted by Gasteiger charge is 1.99. The van der Waals surface area contributed by atoms with Gasteiger partial charge in [0.1, 0.15) is 0 Å². The lowest BCUT2D eigenvalue weighted by molar-refractivity contribution is -0.115. The Morgan fingerprint density at radius 2 is 1.73 bits per heavy atom. The van der Waals surface area contributed by atoms with Crippen LogP contribution in [0.2, 0.25) is 0 Å². The fourth-order valence-corrected chi connectivity index (χ4v) is 2.03. The minimum absolute atomic E-state index is 0.0864. The van der Waals surface area contributed by atoms with E-state index < -0.39 is 0 Å². The van der Waals surface area contributed by atoms with Gasteiger partial charge < -0.3 is 4.74 Å². The van der Waals surface area contributed by atoms with Gasteiger partial charge in [-0.1, -0.05) is 54.6 Å². The molecule has 0 unspecified atom stereocenters. The molecule has 0 spiro atoms. The van der Waals surface area contributed by atoms with Crippen LogP contribution in [0.15, 0.2) is 54.6 Å². The average molecular weight is 293 g/mol. The summed E-state index contributed by atoms with van der Waals surface area (Å²) in [6.45, 7) is 4.41. The first-order valence-corrected chi connectivity index (χ1v) is 7.54. The van der Waals surface area contributed by atoms with Gasteiger partial charge in [0.15, 0.2) is 5.78 Å². The van der Waals surface area contributed by atoms with Crippen LogP contribution < -0.4 is 0 Å². The number of carbonyl (C=O) groups is 1. The normalized spacial score (nSPS) is 11.2. The quantitative estimate of drug-likeness (QED) is 0.700. The Labute approximate surface area is 132 Å². The second kappa shape index (κ2) is 8.30. The van der Waals surface area contributed by atoms with Gasteiger partial charge >= 0.3 is 0 Å². The molecule has 0 saturated carbocycles. The van der Waals surface area contributed by atoms with Gasteiger partial charge in [-0.25, -0.2) is 0 Å². The van der Waals surface area contributed by atoms with Crippen molar-refractivity contribution >= 4 is 11.9 Å². The molecule has 0 amide bonds. The van der Waals surface area contributed by atoms with Crippen molar-refractivity contribution in [3.63, 3.8) is 0 Å². The van der Waals surface area contributed by atoms with E-state index in [9.17, 15) is 4.79 Å². The second-order valence-corrected chi connectivity index (χ2v) is 5.38. The van der Waals surface area contributed by atoms with Gasteiger partial charge in [-0.3, -0.25) is 4.79 Å². The van der Waals surface area contributed by atoms with E-state index in [0.29, 0.717) is 13.0 Å². The van der Waals surface area contributed by atoms with Gasteiger partial charge in [-0.2, -0.15) is 0 Å². The van der Waals surface area contributed by atoms with Crippen LogP contribution in [-0.2, 0) is 9.53 Å². The Morgan fingerprint density at radius 3 is 2.36 bits per heavy atom. The van der Waals surface area contributed by atoms with E-state index in [2.05, 4.69) is 18.2 Å². The molecule has 0 saturated heterocycles. The minimum atomic E-state index is 0.0864. The summed E-state index contributed by atoms with van der Waals surface area (Å²) in [5, 5.41) is 0. The SMILES string of the molecule is CC(C)OCCC(=O)C=Cc1ccc(-c2cc[c]cc2)cc1. The first-order chi connectivity index (χ1) is 10.6. The van der Waals surface area contributed by atoms with Crippen molar-refractivity contribution in [3.8, 4) is 11.1 Å². The monoisotopic (exact) mass is 293 g/mol. The molecule has 0 aromatic heterocycles. The third kappa shape index (κ3) is 5.30. The van der Waals surface area contributed by atoms with Gasteiger partial charge in [0, 0.05) is 6.42 Å². The molecule has 0 fully saturated rings. The van der Waals surface area contributed by atoms with Crippen molar-refractivity contribution < 1.29 is 9.53 Å². The molecule has 2 aromatic carbocycles. The van der Waals surface area contributed by atoms with Crippen LogP contribution in [0.1, 0.15) is 25.8 Å². The highest BCUT2D eigenvalue weighted by Crippen LogP contribution is 2.19. The Hall–Kier alpha value is -2.19. The molecule has 0 aliphatic carbocycles. The van der Waals surface area contributed by atoms with Crippen molar-refractivity contribution in [1.82, 2.24) is 0 Å². The van der Waals surface area contributed by atoms with Gasteiger partial charge in [0.2, 0.25) is 0 Å². The van der Waals surface area contributed by atoms with Gasteiger partial charge in [-0.15, -0.1) is 0 Å². The largest absolute Gasteiger partial charge is 0.378 e. The summed E-state index contributed by atoms with van der Waals surface area (Å²) >= 11 is 0. The molecule has 0 bridgehead atoms. The minimum Gasteiger partial charge on any atom is -0.378 e. The third-order valence-electron chi connectivity index (χ3n) is 3.22. The molecule has 0 N–H and O–H groups in total. The number of carbonyl (C=O) groups excluding carboxylic acids is 1. The molecule has 1 radical (unpaired) electrons. The first kappa shape index (κ1) is 16.2. The van der Waals surface area contributed by atoms with Crippen molar-refractivity contribution in [2.75, 3.05) is 6.61 Å². The van der Waals surface area contributed by atoms with Gasteiger partial charge in [0.05, 0.1) is 12.7 Å². The Balaban J connectivity index is 1.91. The van der Waals surface area contributed by atoms with Crippen LogP contribution in [0.4, 0.5) is 0 Å². The van der Waals surface area contributed by atoms with Crippen molar-refractivity contribution in [1.29, 1.82) is 0 Å². The van der Waals surface area contributed by atoms with Crippen LogP contribution >= 0.6 is 0 Å². The van der Waals surface area contributed by atoms with Crippen molar-refractivity contribution in [2.45, 2.75) is 26.4 Å². The maximum atomic E-state index is 11.7. The van der Waals surface area contributed by atoms with E-state index in [0.717, 1.165) is 16.7 Å². The molecule has 0 aliphatic rings. The number of allylic oxidation sites excluding steroid dienone is 1. The van der Waals surface area contributed by atoms with E-state index in [1.165, 1.54) is 0 Å². The lowest BCUT2D eigenvalue weighted by atomic mass is 10.0. The van der Waals surface area contributed by atoms with E-state index in [1.807, 2.05) is 56.3 Å². The zero-order chi connectivity index (χ0) is 15.8. The molecule has 0 heterocycles. The maximum absolute atomic E-state index is 11.7. The second-order valence-electron chi connectivity index (χ2n) is 5.38. The predicted molar refractivity (Wildman–Crippen MR) is 90.5 cm³/mol. The molecule has 2 rings (SSSR count). The number of hydrogen-bond donors (Lipinski definition) is 0. The van der Waals surface area contributed by atoms with E-state index in [4.69, 9.17) is 4.74 Å². The summed E-state index contributed by atoms with van der Waals surface area (Å²) in [4.78, 5) is 11.7. The average Bonchev–Trinajstić information content (AvgIpc) is 2.54. The van der Waals surface area contributed by atoms with Crippen LogP contribution in [0, 0.1) is 6.07 Å². The van der Waals surface area contributed by atoms with Crippen LogP contribution in [0.25, 0.3) is 17.2 Å². The summed E-state index contributed by atoms with van der Waals surface area (Å²) < 4.78 is 5.37. The van der Waals surface area contributed by atoms with E-state index in [-0.39, 0.29) is 11.9 Å². The zero-order valence-electron chi connectivity index (χ0n) is 13.1. The molecule has 0 aliphatic heterocycles. The molecule has 2 heteroatoms. The maximum Gasteiger partial charge on any atom is 0.158 e. The van der Waals surface area contributed by atoms with E-state index >= 15 is 0 Å². The molecular formula is C20H21O2. The first-order valence-electron chi connectivity index (χ1n) is 7.54. The lowest BCUT2D eigenvalue weighted by Crippen LogP contribution is -2.07. The molecule has 2 aromatic rings. The Kier molecular flexibility index (Phi) is 6.11. The third-order valence-corrected chi connectivity index (χ3v) is 3.22. The zero-order valence-corrected chi connectivity index (χ0v) is 13.1. The summed E-state index contributed by atoms with van der Waals surface area (Å²) in [5.74, 6) is 0.0864. The fraction of sp³-hybridized carbons (Fsp3) is 0.250. The molecule has 2 nitrogen and oxygen atoms in total. The smallest absolute Gasteiger partial charge is 0.158 e. The summed E-state index contributed by atoms with van der Waals surface area (Å²) in [6.07, 6.45) is 4.06. The lowest BCUT2D eigenvalue weighted by Gasteiger charge is -2.05. The number of hydrogen-bond acceptors (Lipinski definition) is 2. The number of benzene rings is 2. The van der Waals surface area contributed by atoms with E-state index in [1.54, 1.807) is 6.08 Å². The fourth-order valence-electron chi connectivity index (χ4n) is 2.03. The molecule has 22 heavy (non-hydrogen) atoms. The van der Waals surface area contributed by atoms with Crippen LogP contribution in [0.3, 0.4) is 0 Å².